The van der Waals surface area contributed by atoms with Gasteiger partial charge in [0.05, 0.1) is 6.61 Å². The Kier molecular flexibility index (Phi) is 6.32. The van der Waals surface area contributed by atoms with E-state index < -0.39 is 0 Å². The summed E-state index contributed by atoms with van der Waals surface area (Å²) in [5.74, 6) is 0.830. The first kappa shape index (κ1) is 21.2. The fraction of sp³-hybridized carbons (Fsp3) is 0.667. The number of carbonyl (C=O) groups excluding carboxylic acids is 2. The Morgan fingerprint density at radius 1 is 1.07 bits per heavy atom. The second-order valence-corrected chi connectivity index (χ2v) is 9.24. The molecule has 0 atom stereocenters. The Morgan fingerprint density at radius 3 is 2.43 bits per heavy atom. The highest BCUT2D eigenvalue weighted by atomic mass is 16.6. The summed E-state index contributed by atoms with van der Waals surface area (Å²) in [6.07, 6.45) is 4.16. The second-order valence-electron chi connectivity index (χ2n) is 9.24. The van der Waals surface area contributed by atoms with E-state index in [1.807, 2.05) is 16.7 Å². The van der Waals surface area contributed by atoms with Gasteiger partial charge in [-0.05, 0) is 62.7 Å². The maximum atomic E-state index is 12.2. The van der Waals surface area contributed by atoms with E-state index in [0.29, 0.717) is 12.5 Å². The summed E-state index contributed by atoms with van der Waals surface area (Å²) in [6, 6.07) is 8.71. The van der Waals surface area contributed by atoms with Gasteiger partial charge in [0.25, 0.3) is 0 Å². The van der Waals surface area contributed by atoms with Gasteiger partial charge in [-0.1, -0.05) is 24.3 Å². The normalized spacial score (nSPS) is 22.1. The summed E-state index contributed by atoms with van der Waals surface area (Å²) < 4.78 is 5.13. The van der Waals surface area contributed by atoms with Crippen LogP contribution in [0.2, 0.25) is 0 Å². The van der Waals surface area contributed by atoms with E-state index in [1.165, 1.54) is 11.1 Å². The smallest absolute Gasteiger partial charge is 0.409 e. The average Bonchev–Trinajstić information content (AvgIpc) is 2.76. The molecule has 2 amide bonds. The SMILES string of the molecule is CCOC(=O)N1CCC(CN2CCC3(CC2)CN(C(C)=O)Cc2ccccc23)CC1. The molecule has 1 aromatic rings. The molecule has 0 N–H and O–H groups in total. The molecule has 30 heavy (non-hydrogen) atoms. The largest absolute Gasteiger partial charge is 0.450 e. The summed E-state index contributed by atoms with van der Waals surface area (Å²) in [6.45, 7) is 10.5. The number of amides is 2. The Bertz CT molecular complexity index is 765. The van der Waals surface area contributed by atoms with Crippen LogP contribution in [0.4, 0.5) is 4.79 Å². The van der Waals surface area contributed by atoms with E-state index in [1.54, 1.807) is 6.92 Å². The third-order valence-electron chi connectivity index (χ3n) is 7.36. The van der Waals surface area contributed by atoms with Crippen LogP contribution in [0.3, 0.4) is 0 Å². The van der Waals surface area contributed by atoms with Gasteiger partial charge in [-0.25, -0.2) is 4.79 Å². The van der Waals surface area contributed by atoms with E-state index in [-0.39, 0.29) is 17.4 Å². The Balaban J connectivity index is 1.34. The molecule has 6 heteroatoms. The molecule has 0 bridgehead atoms. The molecule has 1 spiro atoms. The van der Waals surface area contributed by atoms with Crippen molar-refractivity contribution in [2.45, 2.75) is 51.5 Å². The molecule has 3 aliphatic heterocycles. The van der Waals surface area contributed by atoms with Gasteiger partial charge in [0.15, 0.2) is 0 Å². The minimum absolute atomic E-state index is 0.101. The third-order valence-corrected chi connectivity index (χ3v) is 7.36. The lowest BCUT2D eigenvalue weighted by Gasteiger charge is -2.49. The first-order chi connectivity index (χ1) is 14.5. The standard InChI is InChI=1S/C24H35N3O3/c1-3-30-23(29)26-12-8-20(9-13-26)16-25-14-10-24(11-15-25)18-27(19(2)28)17-21-6-4-5-7-22(21)24/h4-7,20H,3,8-18H2,1-2H3. The van der Waals surface area contributed by atoms with Crippen LogP contribution in [0.25, 0.3) is 0 Å². The van der Waals surface area contributed by atoms with Crippen molar-refractivity contribution in [1.82, 2.24) is 14.7 Å². The first-order valence-corrected chi connectivity index (χ1v) is 11.5. The topological polar surface area (TPSA) is 53.1 Å². The molecule has 0 saturated carbocycles. The number of piperidine rings is 2. The van der Waals surface area contributed by atoms with Crippen LogP contribution in [0, 0.1) is 5.92 Å². The summed E-state index contributed by atoms with van der Waals surface area (Å²) >= 11 is 0. The molecule has 2 fully saturated rings. The van der Waals surface area contributed by atoms with Gasteiger partial charge < -0.3 is 19.4 Å². The minimum Gasteiger partial charge on any atom is -0.450 e. The maximum Gasteiger partial charge on any atom is 0.409 e. The second kappa shape index (κ2) is 8.96. The van der Waals surface area contributed by atoms with Gasteiger partial charge in [0, 0.05) is 45.1 Å². The van der Waals surface area contributed by atoms with Crippen molar-refractivity contribution in [1.29, 1.82) is 0 Å². The lowest BCUT2D eigenvalue weighted by molar-refractivity contribution is -0.131. The molecule has 0 radical (unpaired) electrons. The van der Waals surface area contributed by atoms with E-state index in [2.05, 4.69) is 29.2 Å². The van der Waals surface area contributed by atoms with Crippen molar-refractivity contribution in [2.75, 3.05) is 45.9 Å². The van der Waals surface area contributed by atoms with Gasteiger partial charge in [-0.2, -0.15) is 0 Å². The fourth-order valence-electron chi connectivity index (χ4n) is 5.58. The van der Waals surface area contributed by atoms with E-state index in [0.717, 1.165) is 71.5 Å². The van der Waals surface area contributed by atoms with Gasteiger partial charge >= 0.3 is 6.09 Å². The number of carbonyl (C=O) groups is 2. The quantitative estimate of drug-likeness (QED) is 0.763. The van der Waals surface area contributed by atoms with Crippen molar-refractivity contribution in [3.8, 4) is 0 Å². The molecule has 0 aliphatic carbocycles. The lowest BCUT2D eigenvalue weighted by Crippen LogP contribution is -2.53. The van der Waals surface area contributed by atoms with Crippen molar-refractivity contribution in [2.24, 2.45) is 5.92 Å². The minimum atomic E-state index is -0.165. The molecular formula is C24H35N3O3. The number of nitrogens with zero attached hydrogens (tertiary/aromatic N) is 3. The molecular weight excluding hydrogens is 378 g/mol. The average molecular weight is 414 g/mol. The van der Waals surface area contributed by atoms with Crippen LogP contribution in [0.1, 0.15) is 50.7 Å². The summed E-state index contributed by atoms with van der Waals surface area (Å²) in [5.41, 5.74) is 2.88. The van der Waals surface area contributed by atoms with Crippen molar-refractivity contribution >= 4 is 12.0 Å². The molecule has 4 rings (SSSR count). The highest BCUT2D eigenvalue weighted by Crippen LogP contribution is 2.42. The Labute approximate surface area is 180 Å². The monoisotopic (exact) mass is 413 g/mol. The number of benzene rings is 1. The zero-order chi connectivity index (χ0) is 21.1. The Hall–Kier alpha value is -2.08. The summed E-state index contributed by atoms with van der Waals surface area (Å²) in [5, 5.41) is 0. The Morgan fingerprint density at radius 2 is 1.77 bits per heavy atom. The van der Waals surface area contributed by atoms with Crippen molar-refractivity contribution in [3.63, 3.8) is 0 Å². The van der Waals surface area contributed by atoms with Gasteiger partial charge in [-0.15, -0.1) is 0 Å². The molecule has 0 unspecified atom stereocenters. The number of ether oxygens (including phenoxy) is 1. The predicted molar refractivity (Wildman–Crippen MR) is 116 cm³/mol. The number of hydrogen-bond acceptors (Lipinski definition) is 4. The zero-order valence-corrected chi connectivity index (χ0v) is 18.4. The van der Waals surface area contributed by atoms with Gasteiger partial charge in [0.2, 0.25) is 5.91 Å². The van der Waals surface area contributed by atoms with Crippen LogP contribution >= 0.6 is 0 Å². The van der Waals surface area contributed by atoms with Gasteiger partial charge in [0.1, 0.15) is 0 Å². The van der Waals surface area contributed by atoms with E-state index in [4.69, 9.17) is 4.74 Å². The number of hydrogen-bond donors (Lipinski definition) is 0. The molecule has 3 heterocycles. The molecule has 0 aromatic heterocycles. The van der Waals surface area contributed by atoms with E-state index in [9.17, 15) is 9.59 Å². The van der Waals surface area contributed by atoms with Crippen LogP contribution in [0.15, 0.2) is 24.3 Å². The molecule has 6 nitrogen and oxygen atoms in total. The molecule has 2 saturated heterocycles. The predicted octanol–water partition coefficient (Wildman–Crippen LogP) is 3.25. The zero-order valence-electron chi connectivity index (χ0n) is 18.4. The molecule has 164 valence electrons. The van der Waals surface area contributed by atoms with E-state index >= 15 is 0 Å². The number of fused-ring (bicyclic) bond motifs is 2. The first-order valence-electron chi connectivity index (χ1n) is 11.5. The number of likely N-dealkylation sites (tertiary alicyclic amines) is 2. The van der Waals surface area contributed by atoms with Crippen LogP contribution in [0.5, 0.6) is 0 Å². The fourth-order valence-corrected chi connectivity index (χ4v) is 5.58. The van der Waals surface area contributed by atoms with Crippen molar-refractivity contribution in [3.05, 3.63) is 35.4 Å². The van der Waals surface area contributed by atoms with Crippen LogP contribution in [-0.2, 0) is 21.5 Å². The molecule has 1 aromatic carbocycles. The lowest BCUT2D eigenvalue weighted by atomic mass is 9.68. The maximum absolute atomic E-state index is 12.2. The summed E-state index contributed by atoms with van der Waals surface area (Å²) in [4.78, 5) is 30.5. The van der Waals surface area contributed by atoms with Crippen LogP contribution in [-0.4, -0.2) is 72.6 Å². The highest BCUT2D eigenvalue weighted by Gasteiger charge is 2.42. The highest BCUT2D eigenvalue weighted by molar-refractivity contribution is 5.74. The van der Waals surface area contributed by atoms with Crippen molar-refractivity contribution < 1.29 is 14.3 Å². The summed E-state index contributed by atoms with van der Waals surface area (Å²) in [7, 11) is 0. The molecule has 3 aliphatic rings. The van der Waals surface area contributed by atoms with Gasteiger partial charge in [-0.3, -0.25) is 4.79 Å². The number of rotatable bonds is 3. The third kappa shape index (κ3) is 4.34. The van der Waals surface area contributed by atoms with Crippen LogP contribution < -0.4 is 0 Å².